The molecule has 0 radical (unpaired) electrons. The number of nitrogens with zero attached hydrogens (tertiary/aromatic N) is 1. The van der Waals surface area contributed by atoms with Gasteiger partial charge in [-0.05, 0) is 38.1 Å². The quantitative estimate of drug-likeness (QED) is 0.419. The molecule has 0 unspecified atom stereocenters. The Labute approximate surface area is 161 Å². The number of methoxy groups -OCH3 is 2. The van der Waals surface area contributed by atoms with Crippen LogP contribution in [0.4, 0.5) is 11.4 Å². The normalized spacial score (nSPS) is 11.3. The number of hydrogen-bond donors (Lipinski definition) is 1. The van der Waals surface area contributed by atoms with Crippen LogP contribution in [0.3, 0.4) is 0 Å². The average Bonchev–Trinajstić information content (AvgIpc) is 2.67. The van der Waals surface area contributed by atoms with Gasteiger partial charge in [0.15, 0.2) is 23.4 Å². The monoisotopic (exact) mass is 388 g/mol. The summed E-state index contributed by atoms with van der Waals surface area (Å²) in [5.41, 5.74) is 0.568. The van der Waals surface area contributed by atoms with E-state index in [1.54, 1.807) is 12.1 Å². The van der Waals surface area contributed by atoms with Crippen LogP contribution < -0.4 is 19.5 Å². The van der Waals surface area contributed by atoms with Crippen molar-refractivity contribution in [1.82, 2.24) is 0 Å². The average molecular weight is 388 g/mol. The van der Waals surface area contributed by atoms with Gasteiger partial charge in [0, 0.05) is 11.6 Å². The van der Waals surface area contributed by atoms with Gasteiger partial charge in [-0.2, -0.15) is 0 Å². The number of rotatable bonds is 8. The van der Waals surface area contributed by atoms with E-state index in [1.165, 1.54) is 52.3 Å². The number of benzene rings is 2. The molecular formula is C19H20N2O7. The van der Waals surface area contributed by atoms with Crippen molar-refractivity contribution in [2.75, 3.05) is 19.5 Å². The molecule has 2 rings (SSSR count). The van der Waals surface area contributed by atoms with Gasteiger partial charge >= 0.3 is 0 Å². The third kappa shape index (κ3) is 4.76. The van der Waals surface area contributed by atoms with Crippen molar-refractivity contribution in [3.8, 4) is 17.2 Å². The molecule has 0 aromatic heterocycles. The Morgan fingerprint density at radius 2 is 1.71 bits per heavy atom. The smallest absolute Gasteiger partial charge is 0.273 e. The van der Waals surface area contributed by atoms with Gasteiger partial charge in [0.2, 0.25) is 0 Å². The van der Waals surface area contributed by atoms with E-state index in [9.17, 15) is 19.7 Å². The minimum absolute atomic E-state index is 0.124. The van der Waals surface area contributed by atoms with Crippen molar-refractivity contribution in [2.45, 2.75) is 20.0 Å². The lowest BCUT2D eigenvalue weighted by Crippen LogP contribution is -2.30. The van der Waals surface area contributed by atoms with Gasteiger partial charge in [-0.15, -0.1) is 0 Å². The Bertz CT molecular complexity index is 911. The Morgan fingerprint density at radius 1 is 1.04 bits per heavy atom. The molecule has 0 bridgehead atoms. The second kappa shape index (κ2) is 8.85. The summed E-state index contributed by atoms with van der Waals surface area (Å²) in [6.45, 7) is 2.97. The van der Waals surface area contributed by atoms with Crippen molar-refractivity contribution in [2.24, 2.45) is 0 Å². The fraction of sp³-hybridized carbons (Fsp3) is 0.263. The van der Waals surface area contributed by atoms with Gasteiger partial charge in [-0.1, -0.05) is 0 Å². The number of Topliss-reactive ketones (excluding diaryl/α,β-unsaturated/α-hetero) is 1. The summed E-state index contributed by atoms with van der Waals surface area (Å²) >= 11 is 0. The van der Waals surface area contributed by atoms with Gasteiger partial charge in [0.05, 0.1) is 30.9 Å². The molecule has 2 aromatic rings. The maximum absolute atomic E-state index is 12.5. The SMILES string of the molecule is COc1cc([N+](=O)[O-])ccc1NC(=O)[C@@H](C)Oc1ccc(C(C)=O)cc1OC. The molecule has 0 aliphatic heterocycles. The van der Waals surface area contributed by atoms with Crippen molar-refractivity contribution in [3.05, 3.63) is 52.1 Å². The van der Waals surface area contributed by atoms with E-state index in [0.717, 1.165) is 0 Å². The molecule has 0 spiro atoms. The molecule has 0 fully saturated rings. The first kappa shape index (κ1) is 20.7. The minimum Gasteiger partial charge on any atom is -0.494 e. The summed E-state index contributed by atoms with van der Waals surface area (Å²) in [4.78, 5) is 34.2. The van der Waals surface area contributed by atoms with Crippen LogP contribution in [0.25, 0.3) is 0 Å². The first-order valence-corrected chi connectivity index (χ1v) is 8.25. The fourth-order valence-corrected chi connectivity index (χ4v) is 2.36. The van der Waals surface area contributed by atoms with Crippen LogP contribution >= 0.6 is 0 Å². The van der Waals surface area contributed by atoms with E-state index in [0.29, 0.717) is 17.1 Å². The van der Waals surface area contributed by atoms with E-state index in [4.69, 9.17) is 14.2 Å². The topological polar surface area (TPSA) is 117 Å². The molecule has 1 N–H and O–H groups in total. The first-order valence-electron chi connectivity index (χ1n) is 8.25. The second-order valence-electron chi connectivity index (χ2n) is 5.81. The molecule has 148 valence electrons. The highest BCUT2D eigenvalue weighted by atomic mass is 16.6. The highest BCUT2D eigenvalue weighted by molar-refractivity contribution is 5.96. The van der Waals surface area contributed by atoms with Crippen molar-refractivity contribution in [3.63, 3.8) is 0 Å². The van der Waals surface area contributed by atoms with Crippen LogP contribution in [-0.2, 0) is 4.79 Å². The van der Waals surface area contributed by atoms with Gasteiger partial charge in [-0.3, -0.25) is 19.7 Å². The number of carbonyl (C=O) groups excluding carboxylic acids is 2. The van der Waals surface area contributed by atoms with Gasteiger partial charge in [0.25, 0.3) is 11.6 Å². The Morgan fingerprint density at radius 3 is 2.29 bits per heavy atom. The maximum atomic E-state index is 12.5. The highest BCUT2D eigenvalue weighted by Crippen LogP contribution is 2.31. The number of nitro benzene ring substituents is 1. The van der Waals surface area contributed by atoms with Gasteiger partial charge in [-0.25, -0.2) is 0 Å². The first-order chi connectivity index (χ1) is 13.3. The molecule has 1 atom stereocenters. The van der Waals surface area contributed by atoms with Crippen LogP contribution in [0.15, 0.2) is 36.4 Å². The summed E-state index contributed by atoms with van der Waals surface area (Å²) < 4.78 is 16.0. The fourth-order valence-electron chi connectivity index (χ4n) is 2.36. The lowest BCUT2D eigenvalue weighted by Gasteiger charge is -2.18. The summed E-state index contributed by atoms with van der Waals surface area (Å²) in [5, 5.41) is 13.5. The highest BCUT2D eigenvalue weighted by Gasteiger charge is 2.20. The number of nitro groups is 1. The van der Waals surface area contributed by atoms with E-state index < -0.39 is 16.9 Å². The number of ketones is 1. The number of carbonyl (C=O) groups is 2. The molecule has 0 saturated heterocycles. The predicted octanol–water partition coefficient (Wildman–Crippen LogP) is 3.22. The summed E-state index contributed by atoms with van der Waals surface area (Å²) in [5.74, 6) is 0.148. The zero-order valence-electron chi connectivity index (χ0n) is 15.8. The van der Waals surface area contributed by atoms with Crippen LogP contribution in [0.5, 0.6) is 17.2 Å². The minimum atomic E-state index is -0.919. The maximum Gasteiger partial charge on any atom is 0.273 e. The molecular weight excluding hydrogens is 368 g/mol. The van der Waals surface area contributed by atoms with Crippen LogP contribution in [0.1, 0.15) is 24.2 Å². The van der Waals surface area contributed by atoms with Crippen LogP contribution in [0.2, 0.25) is 0 Å². The van der Waals surface area contributed by atoms with Crippen molar-refractivity contribution in [1.29, 1.82) is 0 Å². The number of nitrogens with one attached hydrogen (secondary N) is 1. The lowest BCUT2D eigenvalue weighted by molar-refractivity contribution is -0.384. The van der Waals surface area contributed by atoms with Crippen LogP contribution in [0, 0.1) is 10.1 Å². The Hall–Kier alpha value is -3.62. The number of hydrogen-bond acceptors (Lipinski definition) is 7. The zero-order valence-corrected chi connectivity index (χ0v) is 15.8. The third-order valence-electron chi connectivity index (χ3n) is 3.90. The van der Waals surface area contributed by atoms with E-state index >= 15 is 0 Å². The number of amides is 1. The molecule has 9 heteroatoms. The summed E-state index contributed by atoms with van der Waals surface area (Å²) in [6.07, 6.45) is -0.919. The number of anilines is 1. The largest absolute Gasteiger partial charge is 0.494 e. The number of non-ortho nitro benzene ring substituents is 1. The van der Waals surface area contributed by atoms with E-state index in [1.807, 2.05) is 0 Å². The van der Waals surface area contributed by atoms with Crippen LogP contribution in [-0.4, -0.2) is 36.9 Å². The molecule has 0 saturated carbocycles. The number of ether oxygens (including phenoxy) is 3. The van der Waals surface area contributed by atoms with E-state index in [2.05, 4.69) is 5.32 Å². The zero-order chi connectivity index (χ0) is 20.8. The molecule has 1 amide bonds. The Kier molecular flexibility index (Phi) is 6.54. The second-order valence-corrected chi connectivity index (χ2v) is 5.81. The molecule has 0 aliphatic rings. The van der Waals surface area contributed by atoms with Gasteiger partial charge in [0.1, 0.15) is 5.75 Å². The standard InChI is InChI=1S/C19H20N2O7/c1-11(22)13-5-8-16(18(9-13)27-4)28-12(2)19(23)20-15-7-6-14(21(24)25)10-17(15)26-3/h5-10,12H,1-4H3,(H,20,23)/t12-/m1/s1. The van der Waals surface area contributed by atoms with E-state index in [-0.39, 0.29) is 22.9 Å². The molecule has 2 aromatic carbocycles. The predicted molar refractivity (Wildman–Crippen MR) is 101 cm³/mol. The van der Waals surface area contributed by atoms with Gasteiger partial charge < -0.3 is 19.5 Å². The van der Waals surface area contributed by atoms with Crippen molar-refractivity contribution < 1.29 is 28.7 Å². The lowest BCUT2D eigenvalue weighted by atomic mass is 10.1. The summed E-state index contributed by atoms with van der Waals surface area (Å²) in [7, 11) is 2.77. The van der Waals surface area contributed by atoms with Crippen molar-refractivity contribution >= 4 is 23.1 Å². The third-order valence-corrected chi connectivity index (χ3v) is 3.90. The summed E-state index contributed by atoms with van der Waals surface area (Å²) in [6, 6.07) is 8.50. The molecule has 0 aliphatic carbocycles. The molecule has 9 nitrogen and oxygen atoms in total. The molecule has 28 heavy (non-hydrogen) atoms. The Balaban J connectivity index is 2.15. The molecule has 0 heterocycles.